The molecule has 2 nitrogen and oxygen atoms in total. The minimum Gasteiger partial charge on any atom is -0.330 e. The Labute approximate surface area is 81.3 Å². The van der Waals surface area contributed by atoms with Crippen molar-refractivity contribution in [2.75, 3.05) is 13.1 Å². The summed E-state index contributed by atoms with van der Waals surface area (Å²) in [4.78, 5) is 0. The summed E-state index contributed by atoms with van der Waals surface area (Å²) in [5, 5.41) is 3.66. The van der Waals surface area contributed by atoms with E-state index < -0.39 is 0 Å². The predicted octanol–water partition coefficient (Wildman–Crippen LogP) is 1.50. The van der Waals surface area contributed by atoms with Crippen LogP contribution in [0.3, 0.4) is 0 Å². The normalized spacial score (nSPS) is 36.5. The topological polar surface area (TPSA) is 38.0 Å². The Morgan fingerprint density at radius 3 is 2.46 bits per heavy atom. The van der Waals surface area contributed by atoms with Crippen molar-refractivity contribution in [2.45, 2.75) is 45.1 Å². The zero-order valence-electron chi connectivity index (χ0n) is 8.68. The smallest absolute Gasteiger partial charge is 0.00723 e. The lowest BCUT2D eigenvalue weighted by atomic mass is 9.68. The van der Waals surface area contributed by atoms with Crippen LogP contribution in [0.1, 0.15) is 39.0 Å². The van der Waals surface area contributed by atoms with Crippen molar-refractivity contribution in [1.82, 2.24) is 5.32 Å². The van der Waals surface area contributed by atoms with Gasteiger partial charge in [-0.25, -0.2) is 0 Å². The van der Waals surface area contributed by atoms with E-state index in [1.165, 1.54) is 38.6 Å². The number of hydrogen-bond donors (Lipinski definition) is 2. The zero-order chi connectivity index (χ0) is 9.31. The highest BCUT2D eigenvalue weighted by Gasteiger charge is 2.36. The van der Waals surface area contributed by atoms with Crippen LogP contribution in [0.4, 0.5) is 0 Å². The van der Waals surface area contributed by atoms with Crippen LogP contribution >= 0.6 is 0 Å². The fraction of sp³-hybridized carbons (Fsp3) is 1.00. The van der Waals surface area contributed by atoms with Crippen LogP contribution < -0.4 is 11.1 Å². The van der Waals surface area contributed by atoms with Gasteiger partial charge in [-0.15, -0.1) is 0 Å². The van der Waals surface area contributed by atoms with Gasteiger partial charge in [-0.05, 0) is 43.6 Å². The molecule has 0 heterocycles. The predicted molar refractivity (Wildman–Crippen MR) is 55.5 cm³/mol. The zero-order valence-corrected chi connectivity index (χ0v) is 8.68. The third-order valence-corrected chi connectivity index (χ3v) is 3.99. The van der Waals surface area contributed by atoms with Crippen LogP contribution in [0.5, 0.6) is 0 Å². The van der Waals surface area contributed by atoms with Crippen molar-refractivity contribution < 1.29 is 0 Å². The molecule has 2 fully saturated rings. The van der Waals surface area contributed by atoms with Crippen LogP contribution in [0.25, 0.3) is 0 Å². The molecule has 0 spiro atoms. The molecule has 0 aromatic rings. The van der Waals surface area contributed by atoms with Crippen molar-refractivity contribution in [3.63, 3.8) is 0 Å². The lowest BCUT2D eigenvalue weighted by molar-refractivity contribution is 0.118. The Morgan fingerprint density at radius 1 is 1.38 bits per heavy atom. The van der Waals surface area contributed by atoms with Crippen molar-refractivity contribution in [3.8, 4) is 0 Å². The van der Waals surface area contributed by atoms with Gasteiger partial charge in [0.1, 0.15) is 0 Å². The molecule has 3 N–H and O–H groups in total. The summed E-state index contributed by atoms with van der Waals surface area (Å²) in [5.74, 6) is 0.952. The van der Waals surface area contributed by atoms with Gasteiger partial charge >= 0.3 is 0 Å². The molecule has 0 saturated heterocycles. The van der Waals surface area contributed by atoms with Crippen LogP contribution in [0, 0.1) is 11.3 Å². The maximum Gasteiger partial charge on any atom is 0.00723 e. The lowest BCUT2D eigenvalue weighted by Crippen LogP contribution is -2.50. The highest BCUT2D eigenvalue weighted by Crippen LogP contribution is 2.39. The molecule has 0 amide bonds. The number of rotatable bonds is 4. The highest BCUT2D eigenvalue weighted by atomic mass is 14.9. The first-order valence-corrected chi connectivity index (χ1v) is 5.68. The number of hydrogen-bond acceptors (Lipinski definition) is 2. The molecule has 2 heteroatoms. The van der Waals surface area contributed by atoms with Gasteiger partial charge in [0.25, 0.3) is 0 Å². The minimum atomic E-state index is 0.485. The molecule has 76 valence electrons. The summed E-state index contributed by atoms with van der Waals surface area (Å²) in [5.41, 5.74) is 6.29. The summed E-state index contributed by atoms with van der Waals surface area (Å²) in [6.45, 7) is 4.38. The number of nitrogens with two attached hydrogens (primary N) is 1. The summed E-state index contributed by atoms with van der Waals surface area (Å²) in [6.07, 6.45) is 6.83. The molecule has 2 aliphatic carbocycles. The Kier molecular flexibility index (Phi) is 2.61. The first-order chi connectivity index (χ1) is 6.24. The van der Waals surface area contributed by atoms with Gasteiger partial charge in [-0.2, -0.15) is 0 Å². The molecule has 13 heavy (non-hydrogen) atoms. The van der Waals surface area contributed by atoms with E-state index in [0.29, 0.717) is 5.41 Å². The summed E-state index contributed by atoms with van der Waals surface area (Å²) in [6, 6.07) is 0.805. The maximum absolute atomic E-state index is 5.80. The van der Waals surface area contributed by atoms with Gasteiger partial charge in [0, 0.05) is 12.6 Å². The molecule has 0 bridgehead atoms. The van der Waals surface area contributed by atoms with Crippen molar-refractivity contribution in [1.29, 1.82) is 0 Å². The van der Waals surface area contributed by atoms with Crippen LogP contribution in [-0.4, -0.2) is 19.1 Å². The summed E-state index contributed by atoms with van der Waals surface area (Å²) in [7, 11) is 0. The SMILES string of the molecule is CC1CC(NCC2(CN)CCC2)C1. The van der Waals surface area contributed by atoms with Gasteiger partial charge < -0.3 is 11.1 Å². The summed E-state index contributed by atoms with van der Waals surface area (Å²) >= 11 is 0. The van der Waals surface area contributed by atoms with Gasteiger partial charge in [-0.3, -0.25) is 0 Å². The first kappa shape index (κ1) is 9.47. The molecule has 0 aromatic heterocycles. The van der Waals surface area contributed by atoms with Crippen LogP contribution in [0.2, 0.25) is 0 Å². The van der Waals surface area contributed by atoms with E-state index in [4.69, 9.17) is 5.73 Å². The van der Waals surface area contributed by atoms with E-state index in [0.717, 1.165) is 18.5 Å². The highest BCUT2D eigenvalue weighted by molar-refractivity contribution is 4.93. The monoisotopic (exact) mass is 182 g/mol. The molecule has 2 saturated carbocycles. The van der Waals surface area contributed by atoms with Gasteiger partial charge in [0.05, 0.1) is 0 Å². The molecule has 0 atom stereocenters. The second-order valence-corrected chi connectivity index (χ2v) is 5.21. The van der Waals surface area contributed by atoms with E-state index in [-0.39, 0.29) is 0 Å². The van der Waals surface area contributed by atoms with Crippen molar-refractivity contribution in [2.24, 2.45) is 17.1 Å². The average molecular weight is 182 g/mol. The molecule has 0 radical (unpaired) electrons. The molecular weight excluding hydrogens is 160 g/mol. The van der Waals surface area contributed by atoms with E-state index in [1.54, 1.807) is 0 Å². The van der Waals surface area contributed by atoms with Crippen molar-refractivity contribution >= 4 is 0 Å². The number of nitrogens with one attached hydrogen (secondary N) is 1. The quantitative estimate of drug-likeness (QED) is 0.691. The summed E-state index contributed by atoms with van der Waals surface area (Å²) < 4.78 is 0. The van der Waals surface area contributed by atoms with Crippen LogP contribution in [0.15, 0.2) is 0 Å². The molecule has 0 aliphatic heterocycles. The third-order valence-electron chi connectivity index (χ3n) is 3.99. The second kappa shape index (κ2) is 3.58. The fourth-order valence-corrected chi connectivity index (χ4v) is 2.56. The fourth-order valence-electron chi connectivity index (χ4n) is 2.56. The lowest BCUT2D eigenvalue weighted by Gasteiger charge is -2.44. The largest absolute Gasteiger partial charge is 0.330 e. The van der Waals surface area contributed by atoms with E-state index >= 15 is 0 Å². The molecule has 2 rings (SSSR count). The van der Waals surface area contributed by atoms with Crippen LogP contribution in [-0.2, 0) is 0 Å². The average Bonchev–Trinajstić information content (AvgIpc) is 1.99. The molecule has 0 aromatic carbocycles. The van der Waals surface area contributed by atoms with Gasteiger partial charge in [0.2, 0.25) is 0 Å². The van der Waals surface area contributed by atoms with Gasteiger partial charge in [-0.1, -0.05) is 13.3 Å². The maximum atomic E-state index is 5.80. The van der Waals surface area contributed by atoms with E-state index in [2.05, 4.69) is 12.2 Å². The van der Waals surface area contributed by atoms with E-state index in [9.17, 15) is 0 Å². The molecule has 2 aliphatic rings. The van der Waals surface area contributed by atoms with E-state index in [1.807, 2.05) is 0 Å². The Bertz CT molecular complexity index is 163. The first-order valence-electron chi connectivity index (χ1n) is 5.68. The molecule has 0 unspecified atom stereocenters. The Morgan fingerprint density at radius 2 is 2.08 bits per heavy atom. The Hall–Kier alpha value is -0.0800. The second-order valence-electron chi connectivity index (χ2n) is 5.21. The van der Waals surface area contributed by atoms with Crippen molar-refractivity contribution in [3.05, 3.63) is 0 Å². The third kappa shape index (κ3) is 1.89. The molecular formula is C11H22N2. The standard InChI is InChI=1S/C11H22N2/c1-9-5-10(6-9)13-8-11(7-12)3-2-4-11/h9-10,13H,2-8,12H2,1H3. The van der Waals surface area contributed by atoms with Gasteiger partial charge in [0.15, 0.2) is 0 Å². The Balaban J connectivity index is 1.66. The minimum absolute atomic E-state index is 0.485.